The van der Waals surface area contributed by atoms with Crippen LogP contribution in [0.15, 0.2) is 113 Å². The van der Waals surface area contributed by atoms with E-state index < -0.39 is 22.0 Å². The Balaban J connectivity index is 1.81. The van der Waals surface area contributed by atoms with Crippen molar-refractivity contribution in [1.82, 2.24) is 0 Å². The lowest BCUT2D eigenvalue weighted by Gasteiger charge is -2.20. The van der Waals surface area contributed by atoms with Crippen LogP contribution in [-0.2, 0) is 21.6 Å². The molecule has 1 N–H and O–H groups in total. The third kappa shape index (κ3) is 6.93. The van der Waals surface area contributed by atoms with Gasteiger partial charge >= 0.3 is 15.4 Å². The Morgan fingerprint density at radius 1 is 0.730 bits per heavy atom. The summed E-state index contributed by atoms with van der Waals surface area (Å²) >= 11 is 2.77. The van der Waals surface area contributed by atoms with E-state index in [2.05, 4.69) is 0 Å². The molecular weight excluding hydrogens is 535 g/mol. The number of halogens is 2. The quantitative estimate of drug-likeness (QED) is 0.155. The summed E-state index contributed by atoms with van der Waals surface area (Å²) in [6.07, 6.45) is 0. The molecule has 37 heavy (non-hydrogen) atoms. The highest BCUT2D eigenvalue weighted by atomic mass is 32.2. The molecule has 0 fully saturated rings. The first-order chi connectivity index (χ1) is 17.8. The average molecular weight is 559 g/mol. The number of hydrogen-bond acceptors (Lipinski definition) is 6. The van der Waals surface area contributed by atoms with E-state index in [1.54, 1.807) is 0 Å². The van der Waals surface area contributed by atoms with Crippen LogP contribution >= 0.6 is 23.5 Å². The van der Waals surface area contributed by atoms with Gasteiger partial charge in [0.25, 0.3) is 0 Å². The van der Waals surface area contributed by atoms with Crippen LogP contribution < -0.4 is 4.18 Å². The molecule has 0 saturated carbocycles. The molecule has 0 aliphatic heterocycles. The van der Waals surface area contributed by atoms with E-state index in [1.807, 2.05) is 97.1 Å². The van der Waals surface area contributed by atoms with Gasteiger partial charge in [-0.25, -0.2) is 0 Å². The lowest BCUT2D eigenvalue weighted by atomic mass is 10.1. The van der Waals surface area contributed by atoms with Gasteiger partial charge in [-0.15, -0.1) is 23.5 Å². The van der Waals surface area contributed by atoms with Crippen molar-refractivity contribution in [2.24, 2.45) is 0 Å². The maximum absolute atomic E-state index is 14.1. The van der Waals surface area contributed by atoms with E-state index >= 15 is 0 Å². The van der Waals surface area contributed by atoms with E-state index in [0.717, 1.165) is 16.7 Å². The van der Waals surface area contributed by atoms with Crippen LogP contribution in [0.5, 0.6) is 5.75 Å². The summed E-state index contributed by atoms with van der Waals surface area (Å²) in [7, 11) is -5.46. The molecule has 4 rings (SSSR count). The summed E-state index contributed by atoms with van der Waals surface area (Å²) in [6, 6.07) is 31.9. The molecule has 4 aromatic rings. The van der Waals surface area contributed by atoms with E-state index in [4.69, 9.17) is 9.29 Å². The van der Waals surface area contributed by atoms with Crippen LogP contribution in [0.3, 0.4) is 0 Å². The Hall–Kier alpha value is -2.85. The zero-order valence-electron chi connectivity index (χ0n) is 19.6. The predicted octanol–water partition coefficient (Wildman–Crippen LogP) is 7.23. The van der Waals surface area contributed by atoms with Crippen LogP contribution in [0.25, 0.3) is 11.1 Å². The first-order valence-electron chi connectivity index (χ1n) is 11.3. The molecule has 4 aromatic carbocycles. The van der Waals surface area contributed by atoms with Crippen molar-refractivity contribution in [3.63, 3.8) is 0 Å². The van der Waals surface area contributed by atoms with Gasteiger partial charge < -0.3 is 9.29 Å². The number of benzene rings is 4. The van der Waals surface area contributed by atoms with Crippen molar-refractivity contribution >= 4 is 33.6 Å². The number of aliphatic hydroxyl groups excluding tert-OH is 1. The lowest BCUT2D eigenvalue weighted by molar-refractivity contribution is 0.0196. The number of rotatable bonds is 11. The molecule has 0 heterocycles. The first-order valence-corrected chi connectivity index (χ1v) is 14.7. The van der Waals surface area contributed by atoms with Crippen molar-refractivity contribution in [2.45, 2.75) is 26.6 Å². The zero-order chi connectivity index (χ0) is 26.3. The fourth-order valence-corrected chi connectivity index (χ4v) is 6.37. The van der Waals surface area contributed by atoms with Crippen LogP contribution in [0.2, 0.25) is 0 Å². The molecule has 0 aliphatic carbocycles. The van der Waals surface area contributed by atoms with Gasteiger partial charge in [-0.05, 0) is 34.4 Å². The number of thioether (sulfide) groups is 2. The maximum atomic E-state index is 14.1. The summed E-state index contributed by atoms with van der Waals surface area (Å²) < 4.78 is 58.2. The van der Waals surface area contributed by atoms with Gasteiger partial charge in [-0.2, -0.15) is 17.2 Å². The van der Waals surface area contributed by atoms with Gasteiger partial charge in [0.1, 0.15) is 6.61 Å². The van der Waals surface area contributed by atoms with E-state index in [9.17, 15) is 17.2 Å². The second-order valence-electron chi connectivity index (χ2n) is 8.05. The average Bonchev–Trinajstić information content (AvgIpc) is 2.92. The van der Waals surface area contributed by atoms with Gasteiger partial charge in [-0.3, -0.25) is 0 Å². The van der Waals surface area contributed by atoms with E-state index in [0.29, 0.717) is 26.9 Å². The van der Waals surface area contributed by atoms with E-state index in [-0.39, 0.29) is 5.75 Å². The minimum atomic E-state index is -5.46. The second kappa shape index (κ2) is 12.1. The Morgan fingerprint density at radius 3 is 1.78 bits per heavy atom. The van der Waals surface area contributed by atoms with Crippen LogP contribution in [0.4, 0.5) is 8.78 Å². The molecular formula is C28H24F2O4S3. The highest BCUT2D eigenvalue weighted by Crippen LogP contribution is 2.45. The summed E-state index contributed by atoms with van der Waals surface area (Å²) in [4.78, 5) is 1.13. The van der Waals surface area contributed by atoms with Crippen LogP contribution in [0.1, 0.15) is 11.1 Å². The summed E-state index contributed by atoms with van der Waals surface area (Å²) in [5.74, 6) is 0.847. The molecule has 0 aromatic heterocycles. The molecule has 0 unspecified atom stereocenters. The Morgan fingerprint density at radius 2 is 1.24 bits per heavy atom. The highest BCUT2D eigenvalue weighted by Gasteiger charge is 2.47. The maximum Gasteiger partial charge on any atom is 0.402 e. The second-order valence-corrected chi connectivity index (χ2v) is 11.7. The molecule has 192 valence electrons. The highest BCUT2D eigenvalue weighted by molar-refractivity contribution is 8.01. The van der Waals surface area contributed by atoms with Gasteiger partial charge in [0, 0.05) is 16.4 Å². The van der Waals surface area contributed by atoms with Crippen LogP contribution in [-0.4, -0.2) is 25.4 Å². The fraction of sp³-hybridized carbons (Fsp3) is 0.143. The van der Waals surface area contributed by atoms with E-state index in [1.165, 1.54) is 29.6 Å². The molecule has 0 spiro atoms. The van der Waals surface area contributed by atoms with Crippen molar-refractivity contribution < 1.29 is 26.5 Å². The summed E-state index contributed by atoms with van der Waals surface area (Å²) in [5.41, 5.74) is 3.43. The zero-order valence-corrected chi connectivity index (χ0v) is 22.0. The number of alkyl halides is 2. The third-order valence-electron chi connectivity index (χ3n) is 5.34. The smallest absolute Gasteiger partial charge is 0.389 e. The monoisotopic (exact) mass is 558 g/mol. The van der Waals surface area contributed by atoms with Gasteiger partial charge in [0.15, 0.2) is 5.75 Å². The minimum Gasteiger partial charge on any atom is -0.389 e. The fourth-order valence-electron chi connectivity index (χ4n) is 3.41. The number of hydrogen-bond donors (Lipinski definition) is 1. The third-order valence-corrected chi connectivity index (χ3v) is 9.03. The molecule has 0 atom stereocenters. The molecule has 0 saturated heterocycles. The molecule has 4 nitrogen and oxygen atoms in total. The normalized spacial score (nSPS) is 11.9. The SMILES string of the molecule is O=S(=O)(Oc1cc(-c2ccccc2)cc(SCc2ccccc2)c1SCc1ccccc1)C(F)(F)CO. The first kappa shape index (κ1) is 27.2. The lowest BCUT2D eigenvalue weighted by Crippen LogP contribution is -2.36. The van der Waals surface area contributed by atoms with Gasteiger partial charge in [-0.1, -0.05) is 91.0 Å². The van der Waals surface area contributed by atoms with Gasteiger partial charge in [0.2, 0.25) is 0 Å². The van der Waals surface area contributed by atoms with Gasteiger partial charge in [0.05, 0.1) is 4.90 Å². The van der Waals surface area contributed by atoms with Crippen molar-refractivity contribution in [2.75, 3.05) is 6.61 Å². The minimum absolute atomic E-state index is 0.203. The van der Waals surface area contributed by atoms with Crippen molar-refractivity contribution in [3.05, 3.63) is 114 Å². The topological polar surface area (TPSA) is 63.6 Å². The summed E-state index contributed by atoms with van der Waals surface area (Å²) in [6.45, 7) is -1.88. The molecule has 9 heteroatoms. The summed E-state index contributed by atoms with van der Waals surface area (Å²) in [5, 5.41) is 4.56. The molecule has 0 bridgehead atoms. The predicted molar refractivity (Wildman–Crippen MR) is 145 cm³/mol. The molecule has 0 aliphatic rings. The Kier molecular flexibility index (Phi) is 8.91. The Bertz CT molecular complexity index is 1420. The Labute approximate surface area is 223 Å². The number of aliphatic hydroxyl groups is 1. The molecule has 0 radical (unpaired) electrons. The molecule has 0 amide bonds. The standard InChI is InChI=1S/C28H24F2O4S3/c29-28(30,20-31)37(32,33)34-25-16-24(23-14-8-3-9-15-23)17-26(35-18-21-10-4-1-5-11-21)27(25)36-19-22-12-6-2-7-13-22/h1-17,31H,18-20H2. The van der Waals surface area contributed by atoms with Crippen molar-refractivity contribution in [3.8, 4) is 16.9 Å². The van der Waals surface area contributed by atoms with Crippen molar-refractivity contribution in [1.29, 1.82) is 0 Å². The van der Waals surface area contributed by atoms with Crippen LogP contribution in [0, 0.1) is 0 Å². The largest absolute Gasteiger partial charge is 0.402 e.